The van der Waals surface area contributed by atoms with Crippen molar-refractivity contribution in [2.45, 2.75) is 26.2 Å². The molecule has 0 aliphatic rings. The molecule has 1 aromatic carbocycles. The Bertz CT molecular complexity index is 570. The minimum Gasteiger partial charge on any atom is -0.326 e. The summed E-state index contributed by atoms with van der Waals surface area (Å²) in [7, 11) is 0. The van der Waals surface area contributed by atoms with Crippen molar-refractivity contribution in [3.05, 3.63) is 30.1 Å². The zero-order chi connectivity index (χ0) is 14.4. The lowest BCUT2D eigenvalue weighted by molar-refractivity contribution is -0.116. The SMILES string of the molecule is Cc1ccc(NC(=O)CCCCCl)cc1-n1cnnn1. The van der Waals surface area contributed by atoms with E-state index in [1.165, 1.54) is 6.33 Å². The molecule has 1 amide bonds. The van der Waals surface area contributed by atoms with Gasteiger partial charge in [-0.2, -0.15) is 0 Å². The normalized spacial score (nSPS) is 10.5. The molecule has 0 unspecified atom stereocenters. The standard InChI is InChI=1S/C13H16ClN5O/c1-10-5-6-11(16-13(20)4-2-3-7-14)8-12(10)19-9-15-17-18-19/h5-6,8-9H,2-4,7H2,1H3,(H,16,20). The second-order valence-corrected chi connectivity index (χ2v) is 4.83. The Kier molecular flexibility index (Phi) is 5.06. The number of aromatic nitrogens is 4. The number of halogens is 1. The number of hydrogen-bond donors (Lipinski definition) is 1. The van der Waals surface area contributed by atoms with Crippen LogP contribution in [0.25, 0.3) is 5.69 Å². The molecule has 0 saturated carbocycles. The molecule has 0 spiro atoms. The summed E-state index contributed by atoms with van der Waals surface area (Å²) in [5.41, 5.74) is 2.60. The summed E-state index contributed by atoms with van der Waals surface area (Å²) in [6, 6.07) is 5.64. The van der Waals surface area contributed by atoms with Gasteiger partial charge >= 0.3 is 0 Å². The van der Waals surface area contributed by atoms with Gasteiger partial charge in [-0.15, -0.1) is 16.7 Å². The van der Waals surface area contributed by atoms with Crippen molar-refractivity contribution in [1.29, 1.82) is 0 Å². The minimum atomic E-state index is -0.0124. The van der Waals surface area contributed by atoms with Crippen LogP contribution in [-0.4, -0.2) is 32.0 Å². The lowest BCUT2D eigenvalue weighted by atomic mass is 10.1. The van der Waals surface area contributed by atoms with Gasteiger partial charge in [-0.05, 0) is 47.9 Å². The fraction of sp³-hybridized carbons (Fsp3) is 0.385. The van der Waals surface area contributed by atoms with Crippen molar-refractivity contribution < 1.29 is 4.79 Å². The van der Waals surface area contributed by atoms with Gasteiger partial charge in [0.2, 0.25) is 5.91 Å². The van der Waals surface area contributed by atoms with Crippen LogP contribution in [0, 0.1) is 6.92 Å². The first-order valence-corrected chi connectivity index (χ1v) is 6.94. The van der Waals surface area contributed by atoms with Crippen molar-refractivity contribution in [3.8, 4) is 5.69 Å². The predicted octanol–water partition coefficient (Wildman–Crippen LogP) is 2.32. The predicted molar refractivity (Wildman–Crippen MR) is 77.1 cm³/mol. The molecule has 0 aliphatic heterocycles. The topological polar surface area (TPSA) is 72.7 Å². The monoisotopic (exact) mass is 293 g/mol. The number of amides is 1. The van der Waals surface area contributed by atoms with E-state index in [1.807, 2.05) is 25.1 Å². The lowest BCUT2D eigenvalue weighted by Crippen LogP contribution is -2.11. The van der Waals surface area contributed by atoms with Crippen LogP contribution < -0.4 is 5.32 Å². The highest BCUT2D eigenvalue weighted by molar-refractivity contribution is 6.17. The highest BCUT2D eigenvalue weighted by atomic mass is 35.5. The first-order valence-electron chi connectivity index (χ1n) is 6.40. The highest BCUT2D eigenvalue weighted by Crippen LogP contribution is 2.18. The Morgan fingerprint density at radius 3 is 2.95 bits per heavy atom. The largest absolute Gasteiger partial charge is 0.326 e. The molecule has 2 rings (SSSR count). The van der Waals surface area contributed by atoms with Crippen LogP contribution in [0.1, 0.15) is 24.8 Å². The molecule has 7 heteroatoms. The van der Waals surface area contributed by atoms with Gasteiger partial charge in [0, 0.05) is 18.0 Å². The molecule has 0 bridgehead atoms. The molecule has 1 heterocycles. The minimum absolute atomic E-state index is 0.0124. The maximum absolute atomic E-state index is 11.8. The molecule has 0 aliphatic carbocycles. The van der Waals surface area contributed by atoms with E-state index >= 15 is 0 Å². The molecule has 2 aromatic rings. The molecule has 1 N–H and O–H groups in total. The summed E-state index contributed by atoms with van der Waals surface area (Å²) in [6.45, 7) is 1.96. The Morgan fingerprint density at radius 1 is 1.40 bits per heavy atom. The zero-order valence-corrected chi connectivity index (χ0v) is 12.0. The smallest absolute Gasteiger partial charge is 0.224 e. The first kappa shape index (κ1) is 14.5. The molecule has 0 radical (unpaired) electrons. The highest BCUT2D eigenvalue weighted by Gasteiger charge is 2.07. The number of carbonyl (C=O) groups is 1. The Labute approximate surface area is 122 Å². The van der Waals surface area contributed by atoms with Gasteiger partial charge in [-0.1, -0.05) is 6.07 Å². The second kappa shape index (κ2) is 7.00. The van der Waals surface area contributed by atoms with Gasteiger partial charge in [0.25, 0.3) is 0 Å². The molecular weight excluding hydrogens is 278 g/mol. The molecule has 106 valence electrons. The van der Waals surface area contributed by atoms with Gasteiger partial charge in [-0.3, -0.25) is 4.79 Å². The number of benzene rings is 1. The number of carbonyl (C=O) groups excluding carboxylic acids is 1. The Balaban J connectivity index is 2.06. The fourth-order valence-corrected chi connectivity index (χ4v) is 2.00. The van der Waals surface area contributed by atoms with Crippen LogP contribution in [0.4, 0.5) is 5.69 Å². The van der Waals surface area contributed by atoms with Crippen LogP contribution in [0.5, 0.6) is 0 Å². The van der Waals surface area contributed by atoms with Crippen molar-refractivity contribution in [2.24, 2.45) is 0 Å². The van der Waals surface area contributed by atoms with E-state index in [0.29, 0.717) is 12.3 Å². The number of anilines is 1. The van der Waals surface area contributed by atoms with E-state index < -0.39 is 0 Å². The van der Waals surface area contributed by atoms with Gasteiger partial charge in [0.1, 0.15) is 6.33 Å². The number of rotatable bonds is 6. The van der Waals surface area contributed by atoms with E-state index in [2.05, 4.69) is 20.8 Å². The average molecular weight is 294 g/mol. The number of unbranched alkanes of at least 4 members (excludes halogenated alkanes) is 1. The Morgan fingerprint density at radius 2 is 2.25 bits per heavy atom. The molecule has 6 nitrogen and oxygen atoms in total. The van der Waals surface area contributed by atoms with Crippen LogP contribution in [0.3, 0.4) is 0 Å². The van der Waals surface area contributed by atoms with Gasteiger partial charge in [-0.25, -0.2) is 4.68 Å². The van der Waals surface area contributed by atoms with Gasteiger partial charge in [0.05, 0.1) is 5.69 Å². The fourth-order valence-electron chi connectivity index (χ4n) is 1.81. The van der Waals surface area contributed by atoms with Gasteiger partial charge < -0.3 is 5.32 Å². The van der Waals surface area contributed by atoms with Crippen LogP contribution >= 0.6 is 11.6 Å². The summed E-state index contributed by atoms with van der Waals surface area (Å²) in [4.78, 5) is 11.8. The van der Waals surface area contributed by atoms with Gasteiger partial charge in [0.15, 0.2) is 0 Å². The number of nitrogens with one attached hydrogen (secondary N) is 1. The van der Waals surface area contributed by atoms with Crippen molar-refractivity contribution in [2.75, 3.05) is 11.2 Å². The van der Waals surface area contributed by atoms with Crippen LogP contribution in [0.15, 0.2) is 24.5 Å². The van der Waals surface area contributed by atoms with E-state index in [0.717, 1.165) is 29.8 Å². The molecule has 0 saturated heterocycles. The van der Waals surface area contributed by atoms with E-state index in [1.54, 1.807) is 4.68 Å². The van der Waals surface area contributed by atoms with Crippen molar-refractivity contribution in [3.63, 3.8) is 0 Å². The molecule has 1 aromatic heterocycles. The van der Waals surface area contributed by atoms with E-state index in [9.17, 15) is 4.79 Å². The molecule has 0 atom stereocenters. The first-order chi connectivity index (χ1) is 9.70. The number of aryl methyl sites for hydroxylation is 1. The summed E-state index contributed by atoms with van der Waals surface area (Å²) < 4.78 is 1.57. The third-order valence-corrected chi connectivity index (χ3v) is 3.14. The third-order valence-electron chi connectivity index (χ3n) is 2.88. The lowest BCUT2D eigenvalue weighted by Gasteiger charge is -2.09. The van der Waals surface area contributed by atoms with Crippen LogP contribution in [-0.2, 0) is 4.79 Å². The van der Waals surface area contributed by atoms with Crippen molar-refractivity contribution in [1.82, 2.24) is 20.2 Å². The molecular formula is C13H16ClN5O. The summed E-state index contributed by atoms with van der Waals surface area (Å²) in [5.74, 6) is 0.572. The average Bonchev–Trinajstić information content (AvgIpc) is 2.95. The summed E-state index contributed by atoms with van der Waals surface area (Å²) in [5, 5.41) is 13.9. The van der Waals surface area contributed by atoms with Crippen LogP contribution in [0.2, 0.25) is 0 Å². The maximum atomic E-state index is 11.8. The van der Waals surface area contributed by atoms with Crippen molar-refractivity contribution >= 4 is 23.2 Å². The summed E-state index contributed by atoms with van der Waals surface area (Å²) >= 11 is 5.59. The quantitative estimate of drug-likeness (QED) is 0.655. The zero-order valence-electron chi connectivity index (χ0n) is 11.2. The number of tetrazole rings is 1. The maximum Gasteiger partial charge on any atom is 0.224 e. The number of alkyl halides is 1. The molecule has 20 heavy (non-hydrogen) atoms. The van der Waals surface area contributed by atoms with E-state index in [4.69, 9.17) is 11.6 Å². The molecule has 0 fully saturated rings. The van der Waals surface area contributed by atoms with E-state index in [-0.39, 0.29) is 5.91 Å². The third kappa shape index (κ3) is 3.77. The summed E-state index contributed by atoms with van der Waals surface area (Å²) in [6.07, 6.45) is 3.63. The number of hydrogen-bond acceptors (Lipinski definition) is 4. The second-order valence-electron chi connectivity index (χ2n) is 4.45. The number of nitrogens with zero attached hydrogens (tertiary/aromatic N) is 4. The Hall–Kier alpha value is -1.95.